The van der Waals surface area contributed by atoms with Crippen LogP contribution in [-0.4, -0.2) is 23.2 Å². The van der Waals surface area contributed by atoms with Crippen LogP contribution >= 0.6 is 0 Å². The molecule has 0 saturated heterocycles. The fraction of sp³-hybridized carbons (Fsp3) is 0.429. The van der Waals surface area contributed by atoms with Crippen molar-refractivity contribution in [3.8, 4) is 0 Å². The number of rotatable bonds is 13. The Bertz CT molecular complexity index is 895. The molecule has 6 nitrogen and oxygen atoms in total. The maximum Gasteiger partial charge on any atom is 0.240 e. The van der Waals surface area contributed by atoms with Crippen molar-refractivity contribution < 1.29 is 9.59 Å². The largest absolute Gasteiger partial charge is 0.273 e. The number of carbonyl (C=O) groups excluding carboxylic acids is 2. The van der Waals surface area contributed by atoms with Gasteiger partial charge in [-0.3, -0.25) is 9.59 Å². The molecule has 0 aliphatic rings. The average Bonchev–Trinajstić information content (AvgIpc) is 2.87. The Balaban J connectivity index is 1.58. The number of nitrogens with zero attached hydrogens (tertiary/aromatic N) is 2. The van der Waals surface area contributed by atoms with Gasteiger partial charge in [0.2, 0.25) is 11.8 Å². The molecule has 0 aromatic heterocycles. The number of hydrogen-bond donors (Lipinski definition) is 2. The number of carbonyl (C=O) groups is 2. The maximum absolute atomic E-state index is 12.0. The van der Waals surface area contributed by atoms with Crippen LogP contribution in [0.2, 0.25) is 0 Å². The number of hydrogen-bond acceptors (Lipinski definition) is 4. The molecule has 0 aliphatic carbocycles. The minimum atomic E-state index is -0.0842. The molecule has 2 aromatic carbocycles. The van der Waals surface area contributed by atoms with E-state index in [1.165, 1.54) is 11.1 Å². The molecule has 0 aliphatic heterocycles. The fourth-order valence-electron chi connectivity index (χ4n) is 3.42. The average molecular weight is 463 g/mol. The van der Waals surface area contributed by atoms with E-state index in [-0.39, 0.29) is 11.8 Å². The lowest BCUT2D eigenvalue weighted by molar-refractivity contribution is -0.122. The highest BCUT2D eigenvalue weighted by atomic mass is 16.2. The smallest absolute Gasteiger partial charge is 0.240 e. The van der Waals surface area contributed by atoms with E-state index < -0.39 is 0 Å². The zero-order valence-corrected chi connectivity index (χ0v) is 21.0. The summed E-state index contributed by atoms with van der Waals surface area (Å²) >= 11 is 0. The van der Waals surface area contributed by atoms with Crippen LogP contribution in [0.4, 0.5) is 0 Å². The van der Waals surface area contributed by atoms with Gasteiger partial charge in [-0.25, -0.2) is 10.9 Å². The first-order chi connectivity index (χ1) is 16.4. The van der Waals surface area contributed by atoms with E-state index in [2.05, 4.69) is 59.2 Å². The van der Waals surface area contributed by atoms with Crippen molar-refractivity contribution in [2.24, 2.45) is 10.2 Å². The van der Waals surface area contributed by atoms with Crippen LogP contribution in [0.15, 0.2) is 58.7 Å². The molecule has 182 valence electrons. The molecule has 0 spiro atoms. The van der Waals surface area contributed by atoms with Crippen molar-refractivity contribution in [1.82, 2.24) is 10.9 Å². The van der Waals surface area contributed by atoms with Gasteiger partial charge in [0.1, 0.15) is 0 Å². The first-order valence-electron chi connectivity index (χ1n) is 12.3. The molecule has 34 heavy (non-hydrogen) atoms. The second kappa shape index (κ2) is 14.8. The van der Waals surface area contributed by atoms with Crippen LogP contribution in [0.25, 0.3) is 0 Å². The van der Waals surface area contributed by atoms with Crippen LogP contribution in [0.1, 0.15) is 88.5 Å². The first-order valence-corrected chi connectivity index (χ1v) is 12.3. The predicted molar refractivity (Wildman–Crippen MR) is 140 cm³/mol. The third-order valence-corrected chi connectivity index (χ3v) is 5.81. The van der Waals surface area contributed by atoms with Gasteiger partial charge in [0, 0.05) is 12.8 Å². The lowest BCUT2D eigenvalue weighted by Gasteiger charge is -2.05. The number of hydrazone groups is 2. The van der Waals surface area contributed by atoms with Gasteiger partial charge >= 0.3 is 0 Å². The minimum absolute atomic E-state index is 0.0842. The molecule has 0 fully saturated rings. The molecular weight excluding hydrogens is 424 g/mol. The lowest BCUT2D eigenvalue weighted by atomic mass is 10.1. The van der Waals surface area contributed by atoms with Crippen LogP contribution in [0.5, 0.6) is 0 Å². The second-order valence-electron chi connectivity index (χ2n) is 8.48. The molecule has 2 N–H and O–H groups in total. The summed E-state index contributed by atoms with van der Waals surface area (Å²) in [5.41, 5.74) is 11.4. The van der Waals surface area contributed by atoms with Crippen molar-refractivity contribution in [3.05, 3.63) is 70.8 Å². The second-order valence-corrected chi connectivity index (χ2v) is 8.48. The Morgan fingerprint density at radius 3 is 1.29 bits per heavy atom. The summed E-state index contributed by atoms with van der Waals surface area (Å²) in [6.45, 7) is 8.02. The molecule has 6 heteroatoms. The third-order valence-electron chi connectivity index (χ3n) is 5.81. The summed E-state index contributed by atoms with van der Waals surface area (Å²) < 4.78 is 0. The van der Waals surface area contributed by atoms with Crippen molar-refractivity contribution in [2.45, 2.75) is 79.1 Å². The van der Waals surface area contributed by atoms with E-state index in [1.807, 2.05) is 38.1 Å². The standard InChI is InChI=1S/C28H38N4O2/c1-5-23-13-17-25(18-14-23)21(3)29-31-27(33)11-9-7-8-10-12-28(34)32-30-22(4)26-19-15-24(6-2)16-20-26/h13-20H,5-12H2,1-4H3,(H,31,33)(H,32,34). The maximum atomic E-state index is 12.0. The molecule has 2 amide bonds. The van der Waals surface area contributed by atoms with Crippen molar-refractivity contribution >= 4 is 23.2 Å². The molecule has 0 atom stereocenters. The summed E-state index contributed by atoms with van der Waals surface area (Å²) in [5, 5.41) is 8.41. The van der Waals surface area contributed by atoms with Crippen LogP contribution < -0.4 is 10.9 Å². The Labute approximate surface area is 203 Å². The molecule has 0 heterocycles. The van der Waals surface area contributed by atoms with Gasteiger partial charge in [-0.1, -0.05) is 75.2 Å². The molecule has 0 radical (unpaired) electrons. The first kappa shape index (κ1) is 27.0. The van der Waals surface area contributed by atoms with Crippen LogP contribution in [0, 0.1) is 0 Å². The third kappa shape index (κ3) is 9.69. The molecule has 2 aromatic rings. The van der Waals surface area contributed by atoms with Crippen LogP contribution in [-0.2, 0) is 22.4 Å². The van der Waals surface area contributed by atoms with E-state index in [4.69, 9.17) is 0 Å². The molecule has 0 saturated carbocycles. The number of benzene rings is 2. The van der Waals surface area contributed by atoms with E-state index in [9.17, 15) is 9.59 Å². The lowest BCUT2D eigenvalue weighted by Crippen LogP contribution is -2.19. The van der Waals surface area contributed by atoms with E-state index in [0.717, 1.165) is 61.1 Å². The molecular formula is C28H38N4O2. The summed E-state index contributed by atoms with van der Waals surface area (Å²) in [7, 11) is 0. The minimum Gasteiger partial charge on any atom is -0.273 e. The van der Waals surface area contributed by atoms with Gasteiger partial charge in [0.05, 0.1) is 11.4 Å². The van der Waals surface area contributed by atoms with Crippen molar-refractivity contribution in [3.63, 3.8) is 0 Å². The number of aryl methyl sites for hydroxylation is 2. The summed E-state index contributed by atoms with van der Waals surface area (Å²) in [6, 6.07) is 16.4. The Kier molecular flexibility index (Phi) is 11.7. The summed E-state index contributed by atoms with van der Waals surface area (Å²) in [4.78, 5) is 24.0. The monoisotopic (exact) mass is 462 g/mol. The van der Waals surface area contributed by atoms with Gasteiger partial charge in [-0.15, -0.1) is 0 Å². The molecule has 0 bridgehead atoms. The SMILES string of the molecule is CCc1ccc(C(C)=NNC(=O)CCCCCCC(=O)NN=C(C)c2ccc(CC)cc2)cc1. The summed E-state index contributed by atoms with van der Waals surface area (Å²) in [6.07, 6.45) is 6.20. The normalized spacial score (nSPS) is 11.9. The fourth-order valence-corrected chi connectivity index (χ4v) is 3.42. The van der Waals surface area contributed by atoms with E-state index in [0.29, 0.717) is 12.8 Å². The highest BCUT2D eigenvalue weighted by Crippen LogP contribution is 2.08. The van der Waals surface area contributed by atoms with Gasteiger partial charge in [0.25, 0.3) is 0 Å². The molecule has 2 rings (SSSR count). The highest BCUT2D eigenvalue weighted by Gasteiger charge is 2.04. The Morgan fingerprint density at radius 2 is 0.971 bits per heavy atom. The van der Waals surface area contributed by atoms with Gasteiger partial charge in [-0.2, -0.15) is 10.2 Å². The summed E-state index contributed by atoms with van der Waals surface area (Å²) in [5.74, 6) is -0.168. The Hall–Kier alpha value is -3.28. The quantitative estimate of drug-likeness (QED) is 0.233. The van der Waals surface area contributed by atoms with Crippen LogP contribution in [0.3, 0.4) is 0 Å². The number of nitrogens with one attached hydrogen (secondary N) is 2. The zero-order chi connectivity index (χ0) is 24.8. The number of unbranched alkanes of at least 4 members (excludes halogenated alkanes) is 3. The van der Waals surface area contributed by atoms with E-state index in [1.54, 1.807) is 0 Å². The Morgan fingerprint density at radius 1 is 0.618 bits per heavy atom. The van der Waals surface area contributed by atoms with Gasteiger partial charge < -0.3 is 0 Å². The predicted octanol–water partition coefficient (Wildman–Crippen LogP) is 5.53. The number of amides is 2. The molecule has 0 unspecified atom stereocenters. The topological polar surface area (TPSA) is 82.9 Å². The zero-order valence-electron chi connectivity index (χ0n) is 21.0. The van der Waals surface area contributed by atoms with Gasteiger partial charge in [0.15, 0.2) is 0 Å². The van der Waals surface area contributed by atoms with Crippen molar-refractivity contribution in [2.75, 3.05) is 0 Å². The highest BCUT2D eigenvalue weighted by molar-refractivity contribution is 5.99. The van der Waals surface area contributed by atoms with Gasteiger partial charge in [-0.05, 0) is 61.8 Å². The van der Waals surface area contributed by atoms with Crippen molar-refractivity contribution in [1.29, 1.82) is 0 Å². The van der Waals surface area contributed by atoms with E-state index >= 15 is 0 Å².